The van der Waals surface area contributed by atoms with E-state index in [0.717, 1.165) is 11.6 Å². The lowest BCUT2D eigenvalue weighted by atomic mass is 10.1. The Hall–Kier alpha value is -1.40. The summed E-state index contributed by atoms with van der Waals surface area (Å²) in [5.74, 6) is 7.67. The fourth-order valence-corrected chi connectivity index (χ4v) is 1.37. The highest BCUT2D eigenvalue weighted by molar-refractivity contribution is 5.50. The molecule has 1 heterocycles. The number of nitrogens with zero attached hydrogens (tertiary/aromatic N) is 3. The van der Waals surface area contributed by atoms with Crippen molar-refractivity contribution in [3.8, 4) is 0 Å². The van der Waals surface area contributed by atoms with Gasteiger partial charge in [0.25, 0.3) is 0 Å². The second-order valence-corrected chi connectivity index (χ2v) is 5.30. The summed E-state index contributed by atoms with van der Waals surface area (Å²) in [5.41, 5.74) is 2.15. The Morgan fingerprint density at radius 3 is 2.50 bits per heavy atom. The first-order valence-corrected chi connectivity index (χ1v) is 6.02. The summed E-state index contributed by atoms with van der Waals surface area (Å²) in [4.78, 5) is 10.7. The van der Waals surface area contributed by atoms with E-state index in [4.69, 9.17) is 5.84 Å². The molecule has 0 saturated heterocycles. The summed E-state index contributed by atoms with van der Waals surface area (Å²) in [6, 6.07) is 1.77. The molecule has 4 N–H and O–H groups in total. The molecule has 1 aromatic rings. The van der Waals surface area contributed by atoms with Crippen LogP contribution in [-0.2, 0) is 0 Å². The quantitative estimate of drug-likeness (QED) is 0.538. The summed E-state index contributed by atoms with van der Waals surface area (Å²) >= 11 is 0. The maximum atomic E-state index is 9.41. The van der Waals surface area contributed by atoms with Gasteiger partial charge in [0.2, 0.25) is 0 Å². The van der Waals surface area contributed by atoms with Gasteiger partial charge in [0.05, 0.1) is 12.1 Å². The van der Waals surface area contributed by atoms with Crippen LogP contribution >= 0.6 is 0 Å². The average Bonchev–Trinajstić information content (AvgIpc) is 2.36. The van der Waals surface area contributed by atoms with Gasteiger partial charge < -0.3 is 15.4 Å². The molecule has 0 amide bonds. The number of hydrogen-bond donors (Lipinski definition) is 3. The highest BCUT2D eigenvalue weighted by Gasteiger charge is 2.24. The van der Waals surface area contributed by atoms with Crippen molar-refractivity contribution >= 4 is 11.6 Å². The van der Waals surface area contributed by atoms with E-state index in [-0.39, 0.29) is 12.5 Å². The molecular formula is C12H23N5O. The number of likely N-dealkylation sites (N-methyl/N-ethyl adjacent to an activating group) is 1. The second-order valence-electron chi connectivity index (χ2n) is 5.30. The van der Waals surface area contributed by atoms with Gasteiger partial charge in [-0.1, -0.05) is 13.8 Å². The lowest BCUT2D eigenvalue weighted by Gasteiger charge is -2.35. The van der Waals surface area contributed by atoms with E-state index >= 15 is 0 Å². The van der Waals surface area contributed by atoms with Crippen LogP contribution in [0.25, 0.3) is 0 Å². The van der Waals surface area contributed by atoms with Gasteiger partial charge in [-0.2, -0.15) is 0 Å². The third-order valence-corrected chi connectivity index (χ3v) is 3.03. The molecule has 0 aliphatic carbocycles. The lowest BCUT2D eigenvalue weighted by Crippen LogP contribution is -2.45. The number of nitrogen functional groups attached to an aromatic ring is 1. The van der Waals surface area contributed by atoms with E-state index in [9.17, 15) is 5.11 Å². The summed E-state index contributed by atoms with van der Waals surface area (Å²) in [5, 5.41) is 9.41. The first-order chi connectivity index (χ1) is 8.31. The van der Waals surface area contributed by atoms with Gasteiger partial charge >= 0.3 is 0 Å². The Morgan fingerprint density at radius 2 is 2.06 bits per heavy atom. The maximum absolute atomic E-state index is 9.41. The van der Waals surface area contributed by atoms with Crippen LogP contribution in [0.15, 0.2) is 6.07 Å². The standard InChI is InChI=1S/C12H23N5O/c1-8(2)11-14-9(16-13)6-10(15-11)17(5)12(3,4)7-18/h6,8,18H,7,13H2,1-5H3,(H,14,15,16). The van der Waals surface area contributed by atoms with E-state index in [2.05, 4.69) is 15.4 Å². The largest absolute Gasteiger partial charge is 0.394 e. The fraction of sp³-hybridized carbons (Fsp3) is 0.667. The Morgan fingerprint density at radius 1 is 1.44 bits per heavy atom. The highest BCUT2D eigenvalue weighted by atomic mass is 16.3. The zero-order valence-electron chi connectivity index (χ0n) is 11.7. The molecule has 0 radical (unpaired) electrons. The van der Waals surface area contributed by atoms with Crippen molar-refractivity contribution in [1.29, 1.82) is 0 Å². The minimum Gasteiger partial charge on any atom is -0.394 e. The van der Waals surface area contributed by atoms with Gasteiger partial charge in [0, 0.05) is 19.0 Å². The molecule has 0 saturated carbocycles. The van der Waals surface area contributed by atoms with Gasteiger partial charge in [-0.25, -0.2) is 15.8 Å². The number of hydrogen-bond acceptors (Lipinski definition) is 6. The molecule has 0 fully saturated rings. The smallest absolute Gasteiger partial charge is 0.145 e. The molecule has 1 aromatic heterocycles. The van der Waals surface area contributed by atoms with Crippen molar-refractivity contribution in [1.82, 2.24) is 9.97 Å². The van der Waals surface area contributed by atoms with Crippen molar-refractivity contribution in [2.24, 2.45) is 5.84 Å². The van der Waals surface area contributed by atoms with Crippen molar-refractivity contribution in [2.45, 2.75) is 39.2 Å². The number of anilines is 2. The zero-order chi connectivity index (χ0) is 13.9. The molecule has 0 atom stereocenters. The minimum atomic E-state index is -0.394. The zero-order valence-corrected chi connectivity index (χ0v) is 11.7. The molecule has 0 aromatic carbocycles. The highest BCUT2D eigenvalue weighted by Crippen LogP contribution is 2.24. The van der Waals surface area contributed by atoms with Crippen molar-refractivity contribution in [3.63, 3.8) is 0 Å². The summed E-state index contributed by atoms with van der Waals surface area (Å²) in [6.07, 6.45) is 0. The topological polar surface area (TPSA) is 87.3 Å². The summed E-state index contributed by atoms with van der Waals surface area (Å²) < 4.78 is 0. The van der Waals surface area contributed by atoms with Crippen LogP contribution < -0.4 is 16.2 Å². The van der Waals surface area contributed by atoms with Crippen molar-refractivity contribution < 1.29 is 5.11 Å². The van der Waals surface area contributed by atoms with Crippen LogP contribution in [-0.4, -0.2) is 34.3 Å². The van der Waals surface area contributed by atoms with Gasteiger partial charge in [-0.3, -0.25) is 0 Å². The van der Waals surface area contributed by atoms with Crippen LogP contribution in [0.2, 0.25) is 0 Å². The van der Waals surface area contributed by atoms with Gasteiger partial charge in [-0.05, 0) is 13.8 Å². The Labute approximate surface area is 108 Å². The number of nitrogens with one attached hydrogen (secondary N) is 1. The van der Waals surface area contributed by atoms with E-state index in [1.54, 1.807) is 6.07 Å². The Kier molecular flexibility index (Phi) is 4.48. The average molecular weight is 253 g/mol. The molecule has 6 nitrogen and oxygen atoms in total. The molecule has 0 bridgehead atoms. The SMILES string of the molecule is CC(C)c1nc(NN)cc(N(C)C(C)(C)CO)n1. The predicted molar refractivity (Wildman–Crippen MR) is 73.5 cm³/mol. The number of nitrogens with two attached hydrogens (primary N) is 1. The summed E-state index contributed by atoms with van der Waals surface area (Å²) in [7, 11) is 1.89. The fourth-order valence-electron chi connectivity index (χ4n) is 1.37. The Balaban J connectivity index is 3.19. The molecule has 6 heteroatoms. The first kappa shape index (κ1) is 14.7. The number of rotatable bonds is 5. The molecular weight excluding hydrogens is 230 g/mol. The number of aromatic nitrogens is 2. The normalized spacial score (nSPS) is 11.8. The van der Waals surface area contributed by atoms with Crippen LogP contribution in [0.3, 0.4) is 0 Å². The van der Waals surface area contributed by atoms with Gasteiger partial charge in [0.1, 0.15) is 17.5 Å². The van der Waals surface area contributed by atoms with Crippen molar-refractivity contribution in [2.75, 3.05) is 24.0 Å². The summed E-state index contributed by atoms with van der Waals surface area (Å²) in [6.45, 7) is 7.97. The molecule has 18 heavy (non-hydrogen) atoms. The number of aliphatic hydroxyl groups excluding tert-OH is 1. The molecule has 0 unspecified atom stereocenters. The van der Waals surface area contributed by atoms with Gasteiger partial charge in [-0.15, -0.1) is 0 Å². The van der Waals surface area contributed by atoms with Crippen LogP contribution in [0, 0.1) is 0 Å². The number of aliphatic hydroxyl groups is 1. The number of hydrazine groups is 1. The molecule has 1 rings (SSSR count). The molecule has 0 aliphatic heterocycles. The van der Waals surface area contributed by atoms with Gasteiger partial charge in [0.15, 0.2) is 0 Å². The van der Waals surface area contributed by atoms with Crippen molar-refractivity contribution in [3.05, 3.63) is 11.9 Å². The Bertz CT molecular complexity index is 405. The monoisotopic (exact) mass is 253 g/mol. The maximum Gasteiger partial charge on any atom is 0.145 e. The molecule has 102 valence electrons. The van der Waals surface area contributed by atoms with E-state index in [0.29, 0.717) is 5.82 Å². The van der Waals surface area contributed by atoms with Crippen LogP contribution in [0.5, 0.6) is 0 Å². The molecule has 0 spiro atoms. The van der Waals surface area contributed by atoms with Crippen LogP contribution in [0.1, 0.15) is 39.4 Å². The second kappa shape index (κ2) is 5.49. The first-order valence-electron chi connectivity index (χ1n) is 6.02. The van der Waals surface area contributed by atoms with E-state index in [1.165, 1.54) is 0 Å². The van der Waals surface area contributed by atoms with Crippen LogP contribution in [0.4, 0.5) is 11.6 Å². The minimum absolute atomic E-state index is 0.0376. The third kappa shape index (κ3) is 3.08. The lowest BCUT2D eigenvalue weighted by molar-refractivity contribution is 0.215. The predicted octanol–water partition coefficient (Wildman–Crippen LogP) is 1.09. The third-order valence-electron chi connectivity index (χ3n) is 3.03. The molecule has 0 aliphatic rings. The van der Waals surface area contributed by atoms with E-state index in [1.807, 2.05) is 39.6 Å². The van der Waals surface area contributed by atoms with E-state index < -0.39 is 5.54 Å².